The zero-order valence-electron chi connectivity index (χ0n) is 14.8. The minimum atomic E-state index is -0.272. The Morgan fingerprint density at radius 2 is 1.70 bits per heavy atom. The quantitative estimate of drug-likeness (QED) is 0.308. The molecule has 6 nitrogen and oxygen atoms in total. The smallest absolute Gasteiger partial charge is 0.261 e. The van der Waals surface area contributed by atoms with Crippen LogP contribution < -0.4 is 11.1 Å². The van der Waals surface area contributed by atoms with Crippen LogP contribution in [-0.4, -0.2) is 35.8 Å². The van der Waals surface area contributed by atoms with Crippen LogP contribution in [0.5, 0.6) is 0 Å². The van der Waals surface area contributed by atoms with Gasteiger partial charge in [0.25, 0.3) is 11.8 Å². The number of aliphatic imine (C=N–C) groups is 1. The zero-order valence-corrected chi connectivity index (χ0v) is 17.1. The van der Waals surface area contributed by atoms with Crippen molar-refractivity contribution < 1.29 is 9.59 Å². The molecule has 3 N–H and O–H groups in total. The third-order valence-electron chi connectivity index (χ3n) is 4.85. The summed E-state index contributed by atoms with van der Waals surface area (Å²) in [5, 5.41) is 3.08. The van der Waals surface area contributed by atoms with Crippen LogP contribution in [0.4, 0.5) is 5.69 Å². The summed E-state index contributed by atoms with van der Waals surface area (Å²) < 4.78 is 0. The number of fused-ring (bicyclic) bond motifs is 2. The maximum Gasteiger partial charge on any atom is 0.261 e. The largest absolute Gasteiger partial charge is 0.370 e. The van der Waals surface area contributed by atoms with Crippen LogP contribution in [0, 0.1) is 0 Å². The fourth-order valence-corrected chi connectivity index (χ4v) is 3.55. The molecule has 140 valence electrons. The number of hydrogen-bond acceptors (Lipinski definition) is 3. The monoisotopic (exact) mass is 476 g/mol. The van der Waals surface area contributed by atoms with Crippen molar-refractivity contribution in [3.8, 4) is 0 Å². The first-order valence-electron chi connectivity index (χ1n) is 8.77. The molecule has 0 unspecified atom stereocenters. The Kier molecular flexibility index (Phi) is 5.79. The lowest BCUT2D eigenvalue weighted by molar-refractivity contribution is 0.0659. The predicted molar refractivity (Wildman–Crippen MR) is 116 cm³/mol. The van der Waals surface area contributed by atoms with E-state index < -0.39 is 0 Å². The number of rotatable bonds is 4. The molecule has 27 heavy (non-hydrogen) atoms. The molecule has 2 aliphatic rings. The molecule has 2 aromatic rings. The summed E-state index contributed by atoms with van der Waals surface area (Å²) in [6.07, 6.45) is 3.43. The highest BCUT2D eigenvalue weighted by molar-refractivity contribution is 14.0. The summed E-state index contributed by atoms with van der Waals surface area (Å²) in [4.78, 5) is 30.0. The summed E-state index contributed by atoms with van der Waals surface area (Å²) >= 11 is 0. The molecule has 0 aromatic heterocycles. The van der Waals surface area contributed by atoms with Crippen molar-refractivity contribution in [1.82, 2.24) is 4.90 Å². The summed E-state index contributed by atoms with van der Waals surface area (Å²) in [6, 6.07) is 13.1. The molecule has 2 aromatic carbocycles. The van der Waals surface area contributed by atoms with E-state index in [1.54, 1.807) is 24.3 Å². The Labute approximate surface area is 174 Å². The van der Waals surface area contributed by atoms with Crippen molar-refractivity contribution >= 4 is 47.4 Å². The van der Waals surface area contributed by atoms with E-state index in [1.165, 1.54) is 22.4 Å². The molecule has 7 heteroatoms. The molecule has 1 heterocycles. The first kappa shape index (κ1) is 19.3. The van der Waals surface area contributed by atoms with Gasteiger partial charge in [-0.05, 0) is 54.7 Å². The van der Waals surface area contributed by atoms with E-state index in [0.29, 0.717) is 11.1 Å². The molecule has 0 saturated heterocycles. The van der Waals surface area contributed by atoms with Gasteiger partial charge in [-0.3, -0.25) is 19.5 Å². The number of nitrogens with two attached hydrogens (primary N) is 1. The third kappa shape index (κ3) is 3.83. The molecule has 0 atom stereocenters. The van der Waals surface area contributed by atoms with Gasteiger partial charge in [-0.25, -0.2) is 0 Å². The van der Waals surface area contributed by atoms with Gasteiger partial charge in [-0.1, -0.05) is 18.2 Å². The van der Waals surface area contributed by atoms with Gasteiger partial charge in [0, 0.05) is 12.2 Å². The van der Waals surface area contributed by atoms with Gasteiger partial charge >= 0.3 is 0 Å². The maximum absolute atomic E-state index is 12.3. The fraction of sp³-hybridized carbons (Fsp3) is 0.250. The SMILES string of the molecule is I.NC(=NCCN1C(=O)c2ccccc2C1=O)Nc1ccc2c(c1)CCC2. The van der Waals surface area contributed by atoms with Gasteiger partial charge in [0.05, 0.1) is 17.7 Å². The van der Waals surface area contributed by atoms with Crippen molar-refractivity contribution in [1.29, 1.82) is 0 Å². The molecule has 0 radical (unpaired) electrons. The molecular weight excluding hydrogens is 455 g/mol. The second kappa shape index (κ2) is 8.08. The first-order chi connectivity index (χ1) is 12.6. The lowest BCUT2D eigenvalue weighted by atomic mass is 10.1. The van der Waals surface area contributed by atoms with Gasteiger partial charge in [-0.15, -0.1) is 24.0 Å². The Morgan fingerprint density at radius 3 is 2.41 bits per heavy atom. The average Bonchev–Trinajstić information content (AvgIpc) is 3.20. The molecular formula is C20H21IN4O2. The maximum atomic E-state index is 12.3. The summed E-state index contributed by atoms with van der Waals surface area (Å²) in [5.74, 6) is -0.267. The second-order valence-corrected chi connectivity index (χ2v) is 6.54. The number of aryl methyl sites for hydroxylation is 2. The average molecular weight is 476 g/mol. The lowest BCUT2D eigenvalue weighted by Crippen LogP contribution is -2.33. The molecule has 1 aliphatic heterocycles. The van der Waals surface area contributed by atoms with Crippen molar-refractivity contribution in [2.75, 3.05) is 18.4 Å². The van der Waals surface area contributed by atoms with Gasteiger partial charge in [0.1, 0.15) is 0 Å². The third-order valence-corrected chi connectivity index (χ3v) is 4.85. The van der Waals surface area contributed by atoms with E-state index in [9.17, 15) is 9.59 Å². The first-order valence-corrected chi connectivity index (χ1v) is 8.77. The Morgan fingerprint density at radius 1 is 1.04 bits per heavy atom. The van der Waals surface area contributed by atoms with Crippen LogP contribution in [0.2, 0.25) is 0 Å². The van der Waals surface area contributed by atoms with Gasteiger partial charge in [0.15, 0.2) is 5.96 Å². The lowest BCUT2D eigenvalue weighted by Gasteiger charge is -2.12. The van der Waals surface area contributed by atoms with Crippen molar-refractivity contribution in [3.63, 3.8) is 0 Å². The molecule has 0 bridgehead atoms. The van der Waals surface area contributed by atoms with Crippen LogP contribution in [0.1, 0.15) is 38.3 Å². The highest BCUT2D eigenvalue weighted by atomic mass is 127. The predicted octanol–water partition coefficient (Wildman–Crippen LogP) is 2.82. The number of imide groups is 1. The Bertz CT molecular complexity index is 891. The summed E-state index contributed by atoms with van der Waals surface area (Å²) in [5.41, 5.74) is 10.5. The number of guanidine groups is 1. The molecule has 0 saturated carbocycles. The van der Waals surface area contributed by atoms with E-state index in [0.717, 1.165) is 18.5 Å². The van der Waals surface area contributed by atoms with E-state index in [-0.39, 0.29) is 54.8 Å². The number of benzene rings is 2. The van der Waals surface area contributed by atoms with Crippen molar-refractivity contribution in [3.05, 3.63) is 64.7 Å². The van der Waals surface area contributed by atoms with Crippen molar-refractivity contribution in [2.45, 2.75) is 19.3 Å². The number of hydrogen-bond donors (Lipinski definition) is 2. The fourth-order valence-electron chi connectivity index (χ4n) is 3.55. The molecule has 0 spiro atoms. The molecule has 2 amide bonds. The number of amides is 2. The van der Waals surface area contributed by atoms with E-state index in [1.807, 2.05) is 6.07 Å². The molecule has 4 rings (SSSR count). The van der Waals surface area contributed by atoms with Crippen LogP contribution in [0.15, 0.2) is 47.5 Å². The van der Waals surface area contributed by atoms with Crippen molar-refractivity contribution in [2.24, 2.45) is 10.7 Å². The molecule has 0 fully saturated rings. The second-order valence-electron chi connectivity index (χ2n) is 6.54. The van der Waals surface area contributed by atoms with Crippen LogP contribution in [0.25, 0.3) is 0 Å². The van der Waals surface area contributed by atoms with E-state index in [4.69, 9.17) is 5.73 Å². The normalized spacial score (nSPS) is 15.4. The minimum Gasteiger partial charge on any atom is -0.370 e. The number of anilines is 1. The van der Waals surface area contributed by atoms with Crippen LogP contribution in [-0.2, 0) is 12.8 Å². The van der Waals surface area contributed by atoms with Gasteiger partial charge in [0.2, 0.25) is 0 Å². The topological polar surface area (TPSA) is 87.8 Å². The van der Waals surface area contributed by atoms with Gasteiger partial charge < -0.3 is 11.1 Å². The minimum absolute atomic E-state index is 0. The van der Waals surface area contributed by atoms with Crippen LogP contribution >= 0.6 is 24.0 Å². The summed E-state index contributed by atoms with van der Waals surface area (Å²) in [7, 11) is 0. The van der Waals surface area contributed by atoms with E-state index in [2.05, 4.69) is 22.4 Å². The summed E-state index contributed by atoms with van der Waals surface area (Å²) in [6.45, 7) is 0.466. The van der Waals surface area contributed by atoms with Crippen LogP contribution in [0.3, 0.4) is 0 Å². The number of nitrogens with zero attached hydrogens (tertiary/aromatic N) is 2. The Balaban J connectivity index is 0.00000210. The number of halogens is 1. The highest BCUT2D eigenvalue weighted by Crippen LogP contribution is 2.25. The number of nitrogens with one attached hydrogen (secondary N) is 1. The number of carbonyl (C=O) groups is 2. The zero-order chi connectivity index (χ0) is 18.1. The molecule has 1 aliphatic carbocycles. The number of carbonyl (C=O) groups excluding carboxylic acids is 2. The van der Waals surface area contributed by atoms with Gasteiger partial charge in [-0.2, -0.15) is 0 Å². The standard InChI is InChI=1S/C20H20N4O2.HI/c21-20(23-15-9-8-13-4-3-5-14(13)12-15)22-10-11-24-18(25)16-6-1-2-7-17(16)19(24)26;/h1-2,6-9,12H,3-5,10-11H2,(H3,21,22,23);1H. The Hall–Kier alpha value is -2.42. The highest BCUT2D eigenvalue weighted by Gasteiger charge is 2.34. The van der Waals surface area contributed by atoms with E-state index >= 15 is 0 Å².